The van der Waals surface area contributed by atoms with E-state index in [9.17, 15) is 0 Å². The minimum atomic E-state index is 0. The summed E-state index contributed by atoms with van der Waals surface area (Å²) in [5.74, 6) is 0. The van der Waals surface area contributed by atoms with E-state index in [1.54, 1.807) is 0 Å². The van der Waals surface area contributed by atoms with E-state index in [2.05, 4.69) is 25.2 Å². The van der Waals surface area contributed by atoms with Crippen molar-refractivity contribution in [2.45, 2.75) is 26.7 Å². The molecule has 9 heavy (non-hydrogen) atoms. The molecule has 1 N–H and O–H groups in total. The highest BCUT2D eigenvalue weighted by molar-refractivity contribution is 5.85. The standard InChI is InChI=1S/C7H15N.ClH/c1-3-5-7-8-6-4-2;/h5,7-8H,3-4,6H2,1-2H3;1H/b7-5+;. The van der Waals surface area contributed by atoms with Crippen LogP contribution in [0.1, 0.15) is 26.7 Å². The molecule has 0 bridgehead atoms. The van der Waals surface area contributed by atoms with Gasteiger partial charge in [-0.2, -0.15) is 0 Å². The van der Waals surface area contributed by atoms with Crippen molar-refractivity contribution >= 4 is 12.4 Å². The Kier molecular flexibility index (Phi) is 13.9. The molecule has 0 aromatic carbocycles. The zero-order chi connectivity index (χ0) is 6.24. The zero-order valence-corrected chi connectivity index (χ0v) is 7.00. The van der Waals surface area contributed by atoms with Crippen LogP contribution in [0.25, 0.3) is 0 Å². The van der Waals surface area contributed by atoms with Crippen LogP contribution < -0.4 is 5.32 Å². The van der Waals surface area contributed by atoms with Crippen LogP contribution in [0.3, 0.4) is 0 Å². The Hall–Kier alpha value is -0.170. The van der Waals surface area contributed by atoms with Crippen molar-refractivity contribution in [3.8, 4) is 0 Å². The molecule has 0 rings (SSSR count). The van der Waals surface area contributed by atoms with Gasteiger partial charge in [0.2, 0.25) is 0 Å². The third kappa shape index (κ3) is 11.4. The van der Waals surface area contributed by atoms with Gasteiger partial charge in [0.25, 0.3) is 0 Å². The fourth-order valence-electron chi connectivity index (χ4n) is 0.429. The van der Waals surface area contributed by atoms with Crippen molar-refractivity contribution in [1.29, 1.82) is 0 Å². The Morgan fingerprint density at radius 2 is 2.00 bits per heavy atom. The first kappa shape index (κ1) is 11.6. The highest BCUT2D eigenvalue weighted by Gasteiger charge is 1.70. The van der Waals surface area contributed by atoms with Gasteiger partial charge < -0.3 is 5.32 Å². The Labute approximate surface area is 63.9 Å². The summed E-state index contributed by atoms with van der Waals surface area (Å²) >= 11 is 0. The maximum Gasteiger partial charge on any atom is 0.0138 e. The van der Waals surface area contributed by atoms with E-state index in [-0.39, 0.29) is 12.4 Å². The SMILES string of the molecule is CC/C=C/NCCC.Cl. The Morgan fingerprint density at radius 1 is 1.33 bits per heavy atom. The van der Waals surface area contributed by atoms with E-state index in [1.165, 1.54) is 6.42 Å². The van der Waals surface area contributed by atoms with Gasteiger partial charge in [-0.15, -0.1) is 12.4 Å². The van der Waals surface area contributed by atoms with Crippen molar-refractivity contribution in [3.63, 3.8) is 0 Å². The van der Waals surface area contributed by atoms with Crippen LogP contribution in [0.2, 0.25) is 0 Å². The molecule has 2 heteroatoms. The lowest BCUT2D eigenvalue weighted by molar-refractivity contribution is 0.806. The minimum Gasteiger partial charge on any atom is -0.391 e. The number of hydrogen-bond acceptors (Lipinski definition) is 1. The van der Waals surface area contributed by atoms with E-state index in [0.29, 0.717) is 0 Å². The molecule has 0 heterocycles. The van der Waals surface area contributed by atoms with E-state index < -0.39 is 0 Å². The van der Waals surface area contributed by atoms with E-state index in [4.69, 9.17) is 0 Å². The van der Waals surface area contributed by atoms with E-state index in [1.807, 2.05) is 6.20 Å². The number of nitrogens with one attached hydrogen (secondary N) is 1. The molecular formula is C7H16ClN. The number of hydrogen-bond donors (Lipinski definition) is 1. The topological polar surface area (TPSA) is 12.0 Å². The minimum absolute atomic E-state index is 0. The van der Waals surface area contributed by atoms with Crippen LogP contribution in [0, 0.1) is 0 Å². The fraction of sp³-hybridized carbons (Fsp3) is 0.714. The van der Waals surface area contributed by atoms with Crippen molar-refractivity contribution < 1.29 is 0 Å². The molecule has 0 aromatic rings. The van der Waals surface area contributed by atoms with Crippen LogP contribution in [-0.2, 0) is 0 Å². The average Bonchev–Trinajstić information content (AvgIpc) is 1.81. The van der Waals surface area contributed by atoms with Crippen LogP contribution >= 0.6 is 12.4 Å². The van der Waals surface area contributed by atoms with Gasteiger partial charge in [-0.3, -0.25) is 0 Å². The maximum absolute atomic E-state index is 3.16. The molecule has 0 saturated carbocycles. The van der Waals surface area contributed by atoms with Gasteiger partial charge in [-0.1, -0.05) is 19.9 Å². The first-order valence-electron chi connectivity index (χ1n) is 3.30. The number of halogens is 1. The smallest absolute Gasteiger partial charge is 0.0138 e. The summed E-state index contributed by atoms with van der Waals surface area (Å²) < 4.78 is 0. The highest BCUT2D eigenvalue weighted by Crippen LogP contribution is 1.75. The number of rotatable bonds is 4. The predicted octanol–water partition coefficient (Wildman–Crippen LogP) is 2.33. The third-order valence-electron chi connectivity index (χ3n) is 0.866. The molecule has 0 radical (unpaired) electrons. The monoisotopic (exact) mass is 149 g/mol. The first-order valence-corrected chi connectivity index (χ1v) is 3.30. The summed E-state index contributed by atoms with van der Waals surface area (Å²) in [6, 6.07) is 0. The van der Waals surface area contributed by atoms with Crippen LogP contribution in [0.15, 0.2) is 12.3 Å². The van der Waals surface area contributed by atoms with Crippen molar-refractivity contribution in [1.82, 2.24) is 5.32 Å². The van der Waals surface area contributed by atoms with Gasteiger partial charge in [0.05, 0.1) is 0 Å². The second kappa shape index (κ2) is 10.7. The molecule has 0 amide bonds. The molecular weight excluding hydrogens is 134 g/mol. The van der Waals surface area contributed by atoms with Crippen molar-refractivity contribution in [2.24, 2.45) is 0 Å². The molecule has 0 atom stereocenters. The van der Waals surface area contributed by atoms with E-state index in [0.717, 1.165) is 13.0 Å². The zero-order valence-electron chi connectivity index (χ0n) is 6.18. The Balaban J connectivity index is 0. The predicted molar refractivity (Wildman–Crippen MR) is 45.0 cm³/mol. The molecule has 1 nitrogen and oxygen atoms in total. The largest absolute Gasteiger partial charge is 0.391 e. The molecule has 0 unspecified atom stereocenters. The van der Waals surface area contributed by atoms with Crippen LogP contribution in [0.5, 0.6) is 0 Å². The third-order valence-corrected chi connectivity index (χ3v) is 0.866. The summed E-state index contributed by atoms with van der Waals surface area (Å²) in [4.78, 5) is 0. The van der Waals surface area contributed by atoms with Gasteiger partial charge >= 0.3 is 0 Å². The van der Waals surface area contributed by atoms with Gasteiger partial charge in [-0.05, 0) is 19.0 Å². The molecule has 0 aliphatic heterocycles. The number of allylic oxidation sites excluding steroid dienone is 1. The summed E-state index contributed by atoms with van der Waals surface area (Å²) in [5.41, 5.74) is 0. The normalized spacial score (nSPS) is 9.11. The molecule has 0 saturated heterocycles. The fourth-order valence-corrected chi connectivity index (χ4v) is 0.429. The summed E-state index contributed by atoms with van der Waals surface area (Å²) in [6.07, 6.45) is 6.46. The molecule has 0 aromatic heterocycles. The molecule has 0 fully saturated rings. The average molecular weight is 150 g/mol. The maximum atomic E-state index is 3.16. The van der Waals surface area contributed by atoms with Gasteiger partial charge in [-0.25, -0.2) is 0 Å². The van der Waals surface area contributed by atoms with Crippen molar-refractivity contribution in [2.75, 3.05) is 6.54 Å². The summed E-state index contributed by atoms with van der Waals surface area (Å²) in [7, 11) is 0. The highest BCUT2D eigenvalue weighted by atomic mass is 35.5. The molecule has 0 aliphatic rings. The van der Waals surface area contributed by atoms with Gasteiger partial charge in [0.1, 0.15) is 0 Å². The Bertz CT molecular complexity index is 61.9. The lowest BCUT2D eigenvalue weighted by Crippen LogP contribution is -2.04. The van der Waals surface area contributed by atoms with E-state index >= 15 is 0 Å². The Morgan fingerprint density at radius 3 is 2.44 bits per heavy atom. The van der Waals surface area contributed by atoms with Gasteiger partial charge in [0.15, 0.2) is 0 Å². The lowest BCUT2D eigenvalue weighted by atomic mass is 10.4. The quantitative estimate of drug-likeness (QED) is 0.605. The summed E-state index contributed by atoms with van der Waals surface area (Å²) in [6.45, 7) is 5.38. The first-order chi connectivity index (χ1) is 3.91. The lowest BCUT2D eigenvalue weighted by Gasteiger charge is -1.92. The molecule has 0 spiro atoms. The van der Waals surface area contributed by atoms with Gasteiger partial charge in [0, 0.05) is 6.54 Å². The molecule has 56 valence electrons. The van der Waals surface area contributed by atoms with Crippen LogP contribution in [-0.4, -0.2) is 6.54 Å². The molecule has 0 aliphatic carbocycles. The summed E-state index contributed by atoms with van der Waals surface area (Å²) in [5, 5.41) is 3.16. The van der Waals surface area contributed by atoms with Crippen molar-refractivity contribution in [3.05, 3.63) is 12.3 Å². The van der Waals surface area contributed by atoms with Crippen LogP contribution in [0.4, 0.5) is 0 Å². The second-order valence-electron chi connectivity index (χ2n) is 1.76. The second-order valence-corrected chi connectivity index (χ2v) is 1.76.